The molecule has 16 heavy (non-hydrogen) atoms. The molecule has 0 aromatic heterocycles. The lowest BCUT2D eigenvalue weighted by molar-refractivity contribution is -0.144. The standard InChI is InChI=1S/C12H23NO3/c1-6-8(4)10(12(15)16)13-11(14)9(5)7(2)3/h7-10H,6H2,1-5H3,(H,13,14)(H,15,16)/t8-,9?,10-/m0/s1. The second-order valence-corrected chi connectivity index (χ2v) is 4.74. The highest BCUT2D eigenvalue weighted by molar-refractivity contribution is 5.85. The van der Waals surface area contributed by atoms with E-state index in [-0.39, 0.29) is 23.7 Å². The number of carboxylic acids is 1. The summed E-state index contributed by atoms with van der Waals surface area (Å²) < 4.78 is 0. The average molecular weight is 229 g/mol. The fraction of sp³-hybridized carbons (Fsp3) is 0.833. The molecule has 4 heteroatoms. The Hall–Kier alpha value is -1.06. The van der Waals surface area contributed by atoms with Crippen molar-refractivity contribution in [3.63, 3.8) is 0 Å². The van der Waals surface area contributed by atoms with Crippen molar-refractivity contribution in [1.82, 2.24) is 5.32 Å². The summed E-state index contributed by atoms with van der Waals surface area (Å²) in [5.74, 6) is -1.14. The van der Waals surface area contributed by atoms with Gasteiger partial charge in [-0.3, -0.25) is 4.79 Å². The van der Waals surface area contributed by atoms with Crippen LogP contribution in [0.4, 0.5) is 0 Å². The molecule has 0 radical (unpaired) electrons. The molecule has 4 nitrogen and oxygen atoms in total. The predicted octanol–water partition coefficient (Wildman–Crippen LogP) is 1.89. The fourth-order valence-corrected chi connectivity index (χ4v) is 1.27. The summed E-state index contributed by atoms with van der Waals surface area (Å²) in [5.41, 5.74) is 0. The molecule has 94 valence electrons. The molecule has 0 aliphatic carbocycles. The van der Waals surface area contributed by atoms with Crippen molar-refractivity contribution in [3.8, 4) is 0 Å². The van der Waals surface area contributed by atoms with Crippen LogP contribution in [0.25, 0.3) is 0 Å². The first-order valence-corrected chi connectivity index (χ1v) is 5.84. The van der Waals surface area contributed by atoms with E-state index in [1.54, 1.807) is 0 Å². The number of carbonyl (C=O) groups is 2. The minimum Gasteiger partial charge on any atom is -0.480 e. The van der Waals surface area contributed by atoms with E-state index in [1.807, 2.05) is 34.6 Å². The van der Waals surface area contributed by atoms with Crippen molar-refractivity contribution < 1.29 is 14.7 Å². The van der Waals surface area contributed by atoms with E-state index in [9.17, 15) is 9.59 Å². The number of carboxylic acid groups (broad SMARTS) is 1. The normalized spacial score (nSPS) is 16.6. The lowest BCUT2D eigenvalue weighted by atomic mass is 9.94. The number of carbonyl (C=O) groups excluding carboxylic acids is 1. The van der Waals surface area contributed by atoms with Gasteiger partial charge >= 0.3 is 5.97 Å². The zero-order valence-corrected chi connectivity index (χ0v) is 10.8. The maximum absolute atomic E-state index is 11.7. The number of amides is 1. The van der Waals surface area contributed by atoms with Gasteiger partial charge in [0.15, 0.2) is 0 Å². The lowest BCUT2D eigenvalue weighted by Gasteiger charge is -2.23. The molecule has 0 aromatic carbocycles. The summed E-state index contributed by atoms with van der Waals surface area (Å²) >= 11 is 0. The summed E-state index contributed by atoms with van der Waals surface area (Å²) in [6.45, 7) is 9.46. The number of hydrogen-bond donors (Lipinski definition) is 2. The number of aliphatic carboxylic acids is 1. The van der Waals surface area contributed by atoms with Gasteiger partial charge in [0.05, 0.1) is 0 Å². The summed E-state index contributed by atoms with van der Waals surface area (Å²) in [4.78, 5) is 22.8. The Labute approximate surface area is 97.4 Å². The molecule has 0 aliphatic heterocycles. The van der Waals surface area contributed by atoms with Gasteiger partial charge in [-0.1, -0.05) is 41.0 Å². The topological polar surface area (TPSA) is 66.4 Å². The summed E-state index contributed by atoms with van der Waals surface area (Å²) in [7, 11) is 0. The van der Waals surface area contributed by atoms with E-state index in [0.29, 0.717) is 0 Å². The van der Waals surface area contributed by atoms with Gasteiger partial charge in [-0.15, -0.1) is 0 Å². The maximum Gasteiger partial charge on any atom is 0.326 e. The van der Waals surface area contributed by atoms with Crippen molar-refractivity contribution in [2.45, 2.75) is 47.1 Å². The third kappa shape index (κ3) is 4.21. The molecule has 0 aliphatic rings. The van der Waals surface area contributed by atoms with E-state index in [2.05, 4.69) is 5.32 Å². The Morgan fingerprint density at radius 3 is 2.00 bits per heavy atom. The van der Waals surface area contributed by atoms with Gasteiger partial charge in [-0.05, 0) is 11.8 Å². The minimum atomic E-state index is -0.960. The average Bonchev–Trinajstić information content (AvgIpc) is 2.22. The van der Waals surface area contributed by atoms with Crippen molar-refractivity contribution >= 4 is 11.9 Å². The molecular formula is C12H23NO3. The van der Waals surface area contributed by atoms with E-state index in [0.717, 1.165) is 6.42 Å². The molecule has 0 aromatic rings. The lowest BCUT2D eigenvalue weighted by Crippen LogP contribution is -2.47. The van der Waals surface area contributed by atoms with Gasteiger partial charge in [-0.2, -0.15) is 0 Å². The van der Waals surface area contributed by atoms with Crippen molar-refractivity contribution in [1.29, 1.82) is 0 Å². The van der Waals surface area contributed by atoms with Crippen LogP contribution in [0.1, 0.15) is 41.0 Å². The molecule has 0 spiro atoms. The molecule has 0 bridgehead atoms. The molecule has 3 atom stereocenters. The zero-order chi connectivity index (χ0) is 12.9. The van der Waals surface area contributed by atoms with E-state index >= 15 is 0 Å². The van der Waals surface area contributed by atoms with Crippen LogP contribution in [-0.2, 0) is 9.59 Å². The number of nitrogens with one attached hydrogen (secondary N) is 1. The van der Waals surface area contributed by atoms with E-state index < -0.39 is 12.0 Å². The smallest absolute Gasteiger partial charge is 0.326 e. The summed E-state index contributed by atoms with van der Waals surface area (Å²) in [6, 6.07) is -0.779. The van der Waals surface area contributed by atoms with Crippen LogP contribution < -0.4 is 5.32 Å². The molecule has 0 saturated heterocycles. The Bertz CT molecular complexity index is 251. The highest BCUT2D eigenvalue weighted by Crippen LogP contribution is 2.13. The van der Waals surface area contributed by atoms with Crippen LogP contribution in [0, 0.1) is 17.8 Å². The Balaban J connectivity index is 4.52. The first-order valence-electron chi connectivity index (χ1n) is 5.84. The van der Waals surface area contributed by atoms with Crippen molar-refractivity contribution in [2.75, 3.05) is 0 Å². The van der Waals surface area contributed by atoms with Crippen molar-refractivity contribution in [3.05, 3.63) is 0 Å². The molecule has 1 amide bonds. The van der Waals surface area contributed by atoms with Crippen LogP contribution in [0.3, 0.4) is 0 Å². The first kappa shape index (κ1) is 14.9. The van der Waals surface area contributed by atoms with Crippen LogP contribution in [-0.4, -0.2) is 23.0 Å². The third-order valence-corrected chi connectivity index (χ3v) is 3.19. The van der Waals surface area contributed by atoms with Crippen molar-refractivity contribution in [2.24, 2.45) is 17.8 Å². The summed E-state index contributed by atoms with van der Waals surface area (Å²) in [5, 5.41) is 11.6. The maximum atomic E-state index is 11.7. The number of hydrogen-bond acceptors (Lipinski definition) is 2. The molecule has 0 rings (SSSR count). The van der Waals surface area contributed by atoms with Gasteiger partial charge in [0.25, 0.3) is 0 Å². The van der Waals surface area contributed by atoms with Gasteiger partial charge in [-0.25, -0.2) is 4.79 Å². The Kier molecular flexibility index (Phi) is 6.08. The molecule has 1 unspecified atom stereocenters. The van der Waals surface area contributed by atoms with Crippen LogP contribution in [0.5, 0.6) is 0 Å². The Morgan fingerprint density at radius 1 is 1.19 bits per heavy atom. The van der Waals surface area contributed by atoms with E-state index in [4.69, 9.17) is 5.11 Å². The minimum absolute atomic E-state index is 0.0548. The largest absolute Gasteiger partial charge is 0.480 e. The molecule has 0 heterocycles. The first-order chi connectivity index (χ1) is 7.31. The summed E-state index contributed by atoms with van der Waals surface area (Å²) in [6.07, 6.45) is 0.729. The van der Waals surface area contributed by atoms with Crippen LogP contribution >= 0.6 is 0 Å². The highest BCUT2D eigenvalue weighted by Gasteiger charge is 2.27. The number of rotatable bonds is 6. The molecule has 0 saturated carbocycles. The molecule has 0 fully saturated rings. The SMILES string of the molecule is CC[C@H](C)[C@H](NC(=O)C(C)C(C)C)C(=O)O. The predicted molar refractivity (Wildman–Crippen MR) is 63.0 cm³/mol. The third-order valence-electron chi connectivity index (χ3n) is 3.19. The second-order valence-electron chi connectivity index (χ2n) is 4.74. The monoisotopic (exact) mass is 229 g/mol. The van der Waals surface area contributed by atoms with Gasteiger partial charge in [0.2, 0.25) is 5.91 Å². The van der Waals surface area contributed by atoms with Gasteiger partial charge in [0, 0.05) is 5.92 Å². The van der Waals surface area contributed by atoms with E-state index in [1.165, 1.54) is 0 Å². The van der Waals surface area contributed by atoms with Crippen LogP contribution in [0.2, 0.25) is 0 Å². The fourth-order valence-electron chi connectivity index (χ4n) is 1.27. The van der Waals surface area contributed by atoms with Gasteiger partial charge in [0.1, 0.15) is 6.04 Å². The van der Waals surface area contributed by atoms with Crippen LogP contribution in [0.15, 0.2) is 0 Å². The molecule has 2 N–H and O–H groups in total. The quantitative estimate of drug-likeness (QED) is 0.731. The highest BCUT2D eigenvalue weighted by atomic mass is 16.4. The zero-order valence-electron chi connectivity index (χ0n) is 10.8. The Morgan fingerprint density at radius 2 is 1.69 bits per heavy atom. The van der Waals surface area contributed by atoms with Gasteiger partial charge < -0.3 is 10.4 Å². The second kappa shape index (κ2) is 6.51. The molecular weight excluding hydrogens is 206 g/mol.